The van der Waals surface area contributed by atoms with Crippen LogP contribution in [0.4, 0.5) is 0 Å². The maximum absolute atomic E-state index is 13.0. The van der Waals surface area contributed by atoms with Crippen molar-refractivity contribution in [2.45, 2.75) is 45.1 Å². The molecule has 4 rings (SSSR count). The fraction of sp³-hybridized carbons (Fsp3) is 0.400. The highest BCUT2D eigenvalue weighted by Gasteiger charge is 2.27. The number of likely N-dealkylation sites (tertiary alicyclic amines) is 1. The molecule has 0 spiro atoms. The van der Waals surface area contributed by atoms with Gasteiger partial charge >= 0.3 is 0 Å². The number of carbonyl (C=O) groups is 1. The van der Waals surface area contributed by atoms with E-state index in [-0.39, 0.29) is 29.6 Å². The summed E-state index contributed by atoms with van der Waals surface area (Å²) in [7, 11) is 1.43. The van der Waals surface area contributed by atoms with Crippen LogP contribution in [0, 0.1) is 12.8 Å². The number of carbonyl (C=O) groups excluding carboxylic acids is 1. The summed E-state index contributed by atoms with van der Waals surface area (Å²) in [5.41, 5.74) is 1.33. The highest BCUT2D eigenvalue weighted by molar-refractivity contribution is 5.77. The predicted octanol–water partition coefficient (Wildman–Crippen LogP) is 4.31. The first-order chi connectivity index (χ1) is 18.3. The average molecular weight is 521 g/mol. The fourth-order valence-corrected chi connectivity index (χ4v) is 5.08. The SMILES string of the molecule is COc1cc(C(CC(=O)NCCC2CCN(Cc3ccccc3)CC2)c2oc(C)cc(=O)c2O)ccc1O. The second kappa shape index (κ2) is 12.6. The van der Waals surface area contributed by atoms with E-state index in [0.29, 0.717) is 23.8 Å². The minimum atomic E-state index is -0.738. The molecule has 3 aromatic rings. The summed E-state index contributed by atoms with van der Waals surface area (Å²) in [5, 5.41) is 23.5. The van der Waals surface area contributed by atoms with Crippen molar-refractivity contribution in [3.05, 3.63) is 87.5 Å². The highest BCUT2D eigenvalue weighted by atomic mass is 16.5. The largest absolute Gasteiger partial charge is 0.504 e. The van der Waals surface area contributed by atoms with E-state index in [1.165, 1.54) is 24.8 Å². The number of phenols is 1. The van der Waals surface area contributed by atoms with Gasteiger partial charge in [0, 0.05) is 25.6 Å². The van der Waals surface area contributed by atoms with Gasteiger partial charge in [0.2, 0.25) is 17.1 Å². The molecule has 3 N–H and O–H groups in total. The molecule has 0 bridgehead atoms. The lowest BCUT2D eigenvalue weighted by atomic mass is 9.91. The van der Waals surface area contributed by atoms with Gasteiger partial charge in [0.25, 0.3) is 0 Å². The number of benzene rings is 2. The number of nitrogens with zero attached hydrogens (tertiary/aromatic N) is 1. The number of phenolic OH excluding ortho intramolecular Hbond substituents is 1. The quantitative estimate of drug-likeness (QED) is 0.365. The van der Waals surface area contributed by atoms with Crippen molar-refractivity contribution in [2.75, 3.05) is 26.7 Å². The zero-order valence-electron chi connectivity index (χ0n) is 22.0. The van der Waals surface area contributed by atoms with Gasteiger partial charge in [-0.15, -0.1) is 0 Å². The van der Waals surface area contributed by atoms with Crippen LogP contribution in [-0.2, 0) is 11.3 Å². The minimum Gasteiger partial charge on any atom is -0.504 e. The van der Waals surface area contributed by atoms with Gasteiger partial charge in [-0.1, -0.05) is 36.4 Å². The molecule has 1 aromatic heterocycles. The number of rotatable bonds is 10. The maximum Gasteiger partial charge on any atom is 0.227 e. The number of nitrogens with one attached hydrogen (secondary N) is 1. The molecule has 2 heterocycles. The third-order valence-corrected chi connectivity index (χ3v) is 7.22. The molecule has 38 heavy (non-hydrogen) atoms. The normalized spacial score (nSPS) is 15.2. The van der Waals surface area contributed by atoms with E-state index in [4.69, 9.17) is 9.15 Å². The standard InChI is InChI=1S/C30H36N2O6/c1-20-16-26(34)29(36)30(38-20)24(23-8-9-25(33)27(17-23)37-2)18-28(35)31-13-10-21-11-14-32(15-12-21)19-22-6-4-3-5-7-22/h3-9,16-17,21,24,33,36H,10-15,18-19H2,1-2H3,(H,31,35). The van der Waals surface area contributed by atoms with Gasteiger partial charge in [-0.3, -0.25) is 14.5 Å². The van der Waals surface area contributed by atoms with E-state index in [2.05, 4.69) is 34.5 Å². The van der Waals surface area contributed by atoms with Crippen LogP contribution in [0.25, 0.3) is 0 Å². The molecule has 1 amide bonds. The average Bonchev–Trinajstić information content (AvgIpc) is 2.91. The Hall–Kier alpha value is -3.78. The zero-order valence-corrected chi connectivity index (χ0v) is 22.0. The minimum absolute atomic E-state index is 0.0173. The van der Waals surface area contributed by atoms with Crippen LogP contribution in [0.1, 0.15) is 54.2 Å². The monoisotopic (exact) mass is 520 g/mol. The lowest BCUT2D eigenvalue weighted by Gasteiger charge is -2.32. The van der Waals surface area contributed by atoms with Gasteiger partial charge in [0.05, 0.1) is 13.0 Å². The van der Waals surface area contributed by atoms with Crippen LogP contribution >= 0.6 is 0 Å². The molecule has 0 saturated carbocycles. The van der Waals surface area contributed by atoms with Crippen LogP contribution < -0.4 is 15.5 Å². The third-order valence-electron chi connectivity index (χ3n) is 7.22. The van der Waals surface area contributed by atoms with Crippen LogP contribution in [0.15, 0.2) is 63.8 Å². The number of hydrogen-bond acceptors (Lipinski definition) is 7. The first kappa shape index (κ1) is 27.3. The Kier molecular flexibility index (Phi) is 9.07. The molecule has 1 unspecified atom stereocenters. The first-order valence-corrected chi connectivity index (χ1v) is 13.1. The molecule has 8 heteroatoms. The number of amides is 1. The second-order valence-corrected chi connectivity index (χ2v) is 9.97. The zero-order chi connectivity index (χ0) is 27.1. The van der Waals surface area contributed by atoms with Crippen LogP contribution in [0.2, 0.25) is 0 Å². The van der Waals surface area contributed by atoms with Gasteiger partial charge in [-0.05, 0) is 68.5 Å². The number of ether oxygens (including phenoxy) is 1. The molecule has 202 valence electrons. The summed E-state index contributed by atoms with van der Waals surface area (Å²) in [6.07, 6.45) is 3.05. The molecule has 1 aliphatic rings. The summed E-state index contributed by atoms with van der Waals surface area (Å²) in [4.78, 5) is 27.7. The maximum atomic E-state index is 13.0. The van der Waals surface area contributed by atoms with E-state index >= 15 is 0 Å². The summed E-state index contributed by atoms with van der Waals surface area (Å²) in [5.74, 6) is -0.405. The van der Waals surface area contributed by atoms with Crippen molar-refractivity contribution in [3.8, 4) is 17.2 Å². The Balaban J connectivity index is 1.36. The van der Waals surface area contributed by atoms with E-state index in [1.54, 1.807) is 19.1 Å². The van der Waals surface area contributed by atoms with E-state index < -0.39 is 17.1 Å². The molecular weight excluding hydrogens is 484 g/mol. The number of aryl methyl sites for hydroxylation is 1. The van der Waals surface area contributed by atoms with Crippen LogP contribution in [0.5, 0.6) is 17.2 Å². The van der Waals surface area contributed by atoms with Crippen LogP contribution in [0.3, 0.4) is 0 Å². The van der Waals surface area contributed by atoms with Crippen molar-refractivity contribution in [2.24, 2.45) is 5.92 Å². The van der Waals surface area contributed by atoms with Crippen molar-refractivity contribution in [3.63, 3.8) is 0 Å². The Morgan fingerprint density at radius 1 is 1.13 bits per heavy atom. The molecular formula is C30H36N2O6. The number of methoxy groups -OCH3 is 1. The number of hydrogen-bond donors (Lipinski definition) is 3. The number of aromatic hydroxyl groups is 2. The molecule has 0 radical (unpaired) electrons. The Morgan fingerprint density at radius 3 is 2.58 bits per heavy atom. The summed E-state index contributed by atoms with van der Waals surface area (Å²) >= 11 is 0. The third kappa shape index (κ3) is 6.95. The fourth-order valence-electron chi connectivity index (χ4n) is 5.08. The molecule has 0 aliphatic carbocycles. The van der Waals surface area contributed by atoms with Gasteiger partial charge in [0.1, 0.15) is 5.76 Å². The lowest BCUT2D eigenvalue weighted by molar-refractivity contribution is -0.121. The summed E-state index contributed by atoms with van der Waals surface area (Å²) in [6, 6.07) is 16.4. The van der Waals surface area contributed by atoms with Gasteiger partial charge < -0.3 is 24.7 Å². The van der Waals surface area contributed by atoms with Crippen molar-refractivity contribution in [1.82, 2.24) is 10.2 Å². The Bertz CT molecular complexity index is 1280. The first-order valence-electron chi connectivity index (χ1n) is 13.1. The van der Waals surface area contributed by atoms with E-state index in [9.17, 15) is 19.8 Å². The molecule has 1 atom stereocenters. The Morgan fingerprint density at radius 2 is 1.87 bits per heavy atom. The van der Waals surface area contributed by atoms with E-state index in [1.807, 2.05) is 6.07 Å². The lowest BCUT2D eigenvalue weighted by Crippen LogP contribution is -2.35. The van der Waals surface area contributed by atoms with Crippen LogP contribution in [-0.4, -0.2) is 47.8 Å². The van der Waals surface area contributed by atoms with Gasteiger partial charge in [-0.2, -0.15) is 0 Å². The van der Waals surface area contributed by atoms with Crippen molar-refractivity contribution < 1.29 is 24.2 Å². The summed E-state index contributed by atoms with van der Waals surface area (Å²) < 4.78 is 10.9. The van der Waals surface area contributed by atoms with Crippen molar-refractivity contribution in [1.29, 1.82) is 0 Å². The summed E-state index contributed by atoms with van der Waals surface area (Å²) in [6.45, 7) is 5.23. The van der Waals surface area contributed by atoms with Gasteiger partial charge in [-0.25, -0.2) is 0 Å². The molecule has 8 nitrogen and oxygen atoms in total. The smallest absolute Gasteiger partial charge is 0.227 e. The molecule has 1 fully saturated rings. The number of piperidine rings is 1. The molecule has 2 aromatic carbocycles. The van der Waals surface area contributed by atoms with Crippen molar-refractivity contribution >= 4 is 5.91 Å². The van der Waals surface area contributed by atoms with Gasteiger partial charge in [0.15, 0.2) is 17.3 Å². The second-order valence-electron chi connectivity index (χ2n) is 9.97. The molecule has 1 saturated heterocycles. The topological polar surface area (TPSA) is 112 Å². The van der Waals surface area contributed by atoms with E-state index in [0.717, 1.165) is 38.9 Å². The Labute approximate surface area is 222 Å². The predicted molar refractivity (Wildman–Crippen MR) is 145 cm³/mol. The molecule has 1 aliphatic heterocycles. The highest BCUT2D eigenvalue weighted by Crippen LogP contribution is 2.37.